The van der Waals surface area contributed by atoms with Gasteiger partial charge in [-0.05, 0) is 25.3 Å². The molecule has 1 rings (SSSR count). The van der Waals surface area contributed by atoms with Crippen molar-refractivity contribution >= 4 is 11.3 Å². The summed E-state index contributed by atoms with van der Waals surface area (Å²) in [5.41, 5.74) is 3.15. The summed E-state index contributed by atoms with van der Waals surface area (Å²) >= 11 is 1.69. The van der Waals surface area contributed by atoms with Crippen LogP contribution in [-0.2, 0) is 0 Å². The average Bonchev–Trinajstić information content (AvgIpc) is 2.75. The van der Waals surface area contributed by atoms with Crippen molar-refractivity contribution in [3.8, 4) is 0 Å². The van der Waals surface area contributed by atoms with Crippen molar-refractivity contribution in [2.45, 2.75) is 52.5 Å². The van der Waals surface area contributed by atoms with Gasteiger partial charge in [-0.2, -0.15) is 0 Å². The highest BCUT2D eigenvalue weighted by Gasteiger charge is 2.12. The molecule has 0 amide bonds. The molecule has 16 heavy (non-hydrogen) atoms. The summed E-state index contributed by atoms with van der Waals surface area (Å²) in [6, 6.07) is 0.463. The number of nitrogens with one attached hydrogen (secondary N) is 1. The van der Waals surface area contributed by atoms with Gasteiger partial charge in [-0.25, -0.2) is 4.98 Å². The summed E-state index contributed by atoms with van der Waals surface area (Å²) in [5, 5.41) is 5.76. The summed E-state index contributed by atoms with van der Waals surface area (Å²) in [6.45, 7) is 7.87. The van der Waals surface area contributed by atoms with E-state index in [2.05, 4.69) is 36.5 Å². The number of aromatic nitrogens is 1. The first-order chi connectivity index (χ1) is 7.74. The Morgan fingerprint density at radius 2 is 2.19 bits per heavy atom. The van der Waals surface area contributed by atoms with Crippen LogP contribution in [0.4, 0.5) is 0 Å². The molecule has 0 radical (unpaired) electrons. The first kappa shape index (κ1) is 13.7. The van der Waals surface area contributed by atoms with Gasteiger partial charge in [0.2, 0.25) is 0 Å². The maximum absolute atomic E-state index is 4.42. The molecule has 0 fully saturated rings. The molecule has 92 valence electrons. The zero-order valence-corrected chi connectivity index (χ0v) is 11.5. The number of nitrogens with zero attached hydrogens (tertiary/aromatic N) is 1. The minimum atomic E-state index is 0.463. The Balaban J connectivity index is 2.38. The highest BCUT2D eigenvalue weighted by molar-refractivity contribution is 7.07. The quantitative estimate of drug-likeness (QED) is 0.742. The van der Waals surface area contributed by atoms with Crippen molar-refractivity contribution in [2.24, 2.45) is 5.92 Å². The van der Waals surface area contributed by atoms with E-state index in [1.165, 1.54) is 31.4 Å². The van der Waals surface area contributed by atoms with Gasteiger partial charge in [0.05, 0.1) is 17.2 Å². The van der Waals surface area contributed by atoms with Gasteiger partial charge in [-0.15, -0.1) is 11.3 Å². The molecule has 0 saturated carbocycles. The molecule has 0 spiro atoms. The number of hydrogen-bond donors (Lipinski definition) is 1. The molecule has 1 N–H and O–H groups in total. The first-order valence-electron chi connectivity index (χ1n) is 6.35. The average molecular weight is 240 g/mol. The molecule has 0 aliphatic rings. The maximum atomic E-state index is 4.42. The highest BCUT2D eigenvalue weighted by atomic mass is 32.1. The van der Waals surface area contributed by atoms with Crippen LogP contribution >= 0.6 is 11.3 Å². The molecule has 0 aliphatic heterocycles. The van der Waals surface area contributed by atoms with E-state index in [1.807, 2.05) is 5.51 Å². The van der Waals surface area contributed by atoms with Gasteiger partial charge in [-0.3, -0.25) is 0 Å². The van der Waals surface area contributed by atoms with Crippen molar-refractivity contribution in [2.75, 3.05) is 6.54 Å². The molecule has 1 heterocycles. The standard InChI is InChI=1S/C13H24N2S/c1-4-8-14-12(7-5-6-11(2)3)13-9-16-10-15-13/h9-12,14H,4-8H2,1-3H3. The van der Waals surface area contributed by atoms with Gasteiger partial charge in [0.1, 0.15) is 0 Å². The molecule has 0 bridgehead atoms. The summed E-state index contributed by atoms with van der Waals surface area (Å²) in [7, 11) is 0. The van der Waals surface area contributed by atoms with Gasteiger partial charge < -0.3 is 5.32 Å². The highest BCUT2D eigenvalue weighted by Crippen LogP contribution is 2.20. The molecule has 0 aromatic carbocycles. The van der Waals surface area contributed by atoms with Crippen molar-refractivity contribution in [1.82, 2.24) is 10.3 Å². The fourth-order valence-electron chi connectivity index (χ4n) is 1.80. The lowest BCUT2D eigenvalue weighted by molar-refractivity contribution is 0.442. The molecule has 0 aliphatic carbocycles. The molecule has 1 aromatic rings. The predicted octanol–water partition coefficient (Wildman–Crippen LogP) is 4.01. The lowest BCUT2D eigenvalue weighted by Gasteiger charge is -2.16. The summed E-state index contributed by atoms with van der Waals surface area (Å²) < 4.78 is 0. The maximum Gasteiger partial charge on any atom is 0.0795 e. The van der Waals surface area contributed by atoms with Crippen LogP contribution in [-0.4, -0.2) is 11.5 Å². The van der Waals surface area contributed by atoms with E-state index in [9.17, 15) is 0 Å². The van der Waals surface area contributed by atoms with Crippen LogP contribution in [0.1, 0.15) is 58.2 Å². The second-order valence-corrected chi connectivity index (χ2v) is 5.46. The first-order valence-corrected chi connectivity index (χ1v) is 7.29. The van der Waals surface area contributed by atoms with Gasteiger partial charge in [0, 0.05) is 5.38 Å². The van der Waals surface area contributed by atoms with E-state index < -0.39 is 0 Å². The van der Waals surface area contributed by atoms with Crippen molar-refractivity contribution < 1.29 is 0 Å². The molecular weight excluding hydrogens is 216 g/mol. The number of hydrogen-bond acceptors (Lipinski definition) is 3. The number of thiazole rings is 1. The largest absolute Gasteiger partial charge is 0.309 e. The molecule has 1 atom stereocenters. The molecule has 2 nitrogen and oxygen atoms in total. The van der Waals surface area contributed by atoms with Gasteiger partial charge >= 0.3 is 0 Å². The molecule has 3 heteroatoms. The Bertz CT molecular complexity index is 257. The second-order valence-electron chi connectivity index (χ2n) is 4.74. The van der Waals surface area contributed by atoms with Crippen molar-refractivity contribution in [3.05, 3.63) is 16.6 Å². The molecular formula is C13H24N2S. The van der Waals surface area contributed by atoms with Crippen LogP contribution in [0.25, 0.3) is 0 Å². The van der Waals surface area contributed by atoms with Crippen LogP contribution in [0.5, 0.6) is 0 Å². The Hall–Kier alpha value is -0.410. The minimum absolute atomic E-state index is 0.463. The SMILES string of the molecule is CCCNC(CCCC(C)C)c1cscn1. The fraction of sp³-hybridized carbons (Fsp3) is 0.769. The zero-order valence-electron chi connectivity index (χ0n) is 10.7. The second kappa shape index (κ2) is 7.80. The molecule has 0 saturated heterocycles. The third-order valence-electron chi connectivity index (χ3n) is 2.72. The van der Waals surface area contributed by atoms with E-state index in [-0.39, 0.29) is 0 Å². The Morgan fingerprint density at radius 3 is 2.75 bits per heavy atom. The Morgan fingerprint density at radius 1 is 1.38 bits per heavy atom. The van der Waals surface area contributed by atoms with Crippen LogP contribution in [0.15, 0.2) is 10.9 Å². The van der Waals surface area contributed by atoms with Crippen LogP contribution in [0.2, 0.25) is 0 Å². The predicted molar refractivity (Wildman–Crippen MR) is 71.8 cm³/mol. The lowest BCUT2D eigenvalue weighted by Crippen LogP contribution is -2.22. The van der Waals surface area contributed by atoms with Crippen molar-refractivity contribution in [1.29, 1.82) is 0 Å². The normalized spacial score (nSPS) is 13.2. The molecule has 1 unspecified atom stereocenters. The molecule has 1 aromatic heterocycles. The van der Waals surface area contributed by atoms with E-state index >= 15 is 0 Å². The van der Waals surface area contributed by atoms with Crippen LogP contribution in [0, 0.1) is 5.92 Å². The van der Waals surface area contributed by atoms with E-state index in [4.69, 9.17) is 0 Å². The summed E-state index contributed by atoms with van der Waals surface area (Å²) in [5.74, 6) is 0.808. The Labute approximate surface area is 103 Å². The lowest BCUT2D eigenvalue weighted by atomic mass is 10.0. The van der Waals surface area contributed by atoms with E-state index in [0.717, 1.165) is 12.5 Å². The Kier molecular flexibility index (Phi) is 6.65. The van der Waals surface area contributed by atoms with E-state index in [1.54, 1.807) is 11.3 Å². The zero-order chi connectivity index (χ0) is 11.8. The monoisotopic (exact) mass is 240 g/mol. The summed E-state index contributed by atoms with van der Waals surface area (Å²) in [6.07, 6.45) is 5.00. The van der Waals surface area contributed by atoms with Gasteiger partial charge in [-0.1, -0.05) is 33.6 Å². The van der Waals surface area contributed by atoms with Crippen molar-refractivity contribution in [3.63, 3.8) is 0 Å². The van der Waals surface area contributed by atoms with Crippen LogP contribution < -0.4 is 5.32 Å². The third kappa shape index (κ3) is 5.08. The smallest absolute Gasteiger partial charge is 0.0795 e. The fourth-order valence-corrected chi connectivity index (χ4v) is 2.41. The number of rotatable bonds is 8. The third-order valence-corrected chi connectivity index (χ3v) is 3.33. The van der Waals surface area contributed by atoms with Gasteiger partial charge in [0.25, 0.3) is 0 Å². The minimum Gasteiger partial charge on any atom is -0.309 e. The summed E-state index contributed by atoms with van der Waals surface area (Å²) in [4.78, 5) is 4.42. The van der Waals surface area contributed by atoms with E-state index in [0.29, 0.717) is 6.04 Å². The topological polar surface area (TPSA) is 24.9 Å². The van der Waals surface area contributed by atoms with Crippen LogP contribution in [0.3, 0.4) is 0 Å². The van der Waals surface area contributed by atoms with Gasteiger partial charge in [0.15, 0.2) is 0 Å².